The lowest BCUT2D eigenvalue weighted by molar-refractivity contribution is -0.119. The second-order valence-corrected chi connectivity index (χ2v) is 10.4. The fourth-order valence-electron chi connectivity index (χ4n) is 5.40. The molecule has 2 aromatic carbocycles. The first kappa shape index (κ1) is 24.9. The van der Waals surface area contributed by atoms with Crippen LogP contribution in [0.1, 0.15) is 42.6 Å². The largest absolute Gasteiger partial charge is 0.358 e. The topological polar surface area (TPSA) is 80.6 Å². The summed E-state index contributed by atoms with van der Waals surface area (Å²) in [5.41, 5.74) is 4.48. The maximum Gasteiger partial charge on any atom is 0.273 e. The Labute approximate surface area is 225 Å². The number of carbonyl (C=O) groups is 1. The molecule has 39 heavy (non-hydrogen) atoms. The van der Waals surface area contributed by atoms with Gasteiger partial charge in [-0.05, 0) is 72.9 Å². The molecule has 3 aromatic heterocycles. The molecule has 0 saturated heterocycles. The smallest absolute Gasteiger partial charge is 0.273 e. The van der Waals surface area contributed by atoms with Crippen molar-refractivity contribution in [3.8, 4) is 11.3 Å². The van der Waals surface area contributed by atoms with Gasteiger partial charge in [-0.1, -0.05) is 42.5 Å². The zero-order chi connectivity index (χ0) is 26.8. The van der Waals surface area contributed by atoms with Crippen LogP contribution in [-0.2, 0) is 29.6 Å². The van der Waals surface area contributed by atoms with E-state index < -0.39 is 0 Å². The number of nitrogens with zero attached hydrogens (tertiary/aromatic N) is 3. The summed E-state index contributed by atoms with van der Waals surface area (Å²) < 4.78 is 15.4. The van der Waals surface area contributed by atoms with E-state index in [4.69, 9.17) is 0 Å². The summed E-state index contributed by atoms with van der Waals surface area (Å²) in [6.45, 7) is -0.0184. The van der Waals surface area contributed by atoms with E-state index in [1.54, 1.807) is 35.3 Å². The third-order valence-corrected chi connectivity index (χ3v) is 7.81. The van der Waals surface area contributed by atoms with E-state index in [-0.39, 0.29) is 29.1 Å². The van der Waals surface area contributed by atoms with E-state index in [0.29, 0.717) is 37.1 Å². The monoisotopic (exact) mass is 520 g/mol. The Morgan fingerprint density at radius 2 is 1.85 bits per heavy atom. The van der Waals surface area contributed by atoms with Gasteiger partial charge in [0.25, 0.3) is 5.56 Å². The second-order valence-electron chi connectivity index (χ2n) is 10.4. The molecular weight excluding hydrogens is 491 g/mol. The molecule has 1 saturated carbocycles. The predicted octanol–water partition coefficient (Wildman–Crippen LogP) is 5.79. The molecule has 1 aliphatic carbocycles. The van der Waals surface area contributed by atoms with E-state index in [0.717, 1.165) is 40.6 Å². The van der Waals surface area contributed by atoms with Gasteiger partial charge in [0, 0.05) is 35.4 Å². The van der Waals surface area contributed by atoms with Crippen molar-refractivity contribution in [3.05, 3.63) is 118 Å². The lowest BCUT2D eigenvalue weighted by Crippen LogP contribution is -2.30. The molecule has 1 N–H and O–H groups in total. The number of aromatic nitrogens is 4. The number of H-pyrrole nitrogens is 1. The summed E-state index contributed by atoms with van der Waals surface area (Å²) in [5.74, 6) is -0.268. The predicted molar refractivity (Wildman–Crippen MR) is 149 cm³/mol. The molecule has 7 heteroatoms. The van der Waals surface area contributed by atoms with Crippen molar-refractivity contribution in [2.75, 3.05) is 0 Å². The quantitative estimate of drug-likeness (QED) is 0.253. The molecule has 1 fully saturated rings. The number of nitrogens with one attached hydrogen (secondary N) is 1. The number of rotatable bonds is 10. The second kappa shape index (κ2) is 10.4. The van der Waals surface area contributed by atoms with Crippen LogP contribution in [0, 0.1) is 5.82 Å². The van der Waals surface area contributed by atoms with Gasteiger partial charge in [0.05, 0.1) is 18.4 Å². The number of fused-ring (bicyclic) bond motifs is 1. The molecule has 196 valence electrons. The van der Waals surface area contributed by atoms with E-state index in [1.165, 1.54) is 6.07 Å². The molecule has 0 amide bonds. The first-order valence-electron chi connectivity index (χ1n) is 13.3. The number of hydrogen-bond acceptors (Lipinski definition) is 4. The van der Waals surface area contributed by atoms with E-state index >= 15 is 0 Å². The molecule has 6 nitrogen and oxygen atoms in total. The van der Waals surface area contributed by atoms with Crippen LogP contribution in [0.2, 0.25) is 0 Å². The summed E-state index contributed by atoms with van der Waals surface area (Å²) in [7, 11) is 0. The van der Waals surface area contributed by atoms with Crippen LogP contribution >= 0.6 is 0 Å². The molecule has 1 aliphatic rings. The molecule has 0 spiro atoms. The summed E-state index contributed by atoms with van der Waals surface area (Å²) in [6.07, 6.45) is 9.21. The Morgan fingerprint density at radius 3 is 2.62 bits per heavy atom. The number of aromatic amines is 1. The van der Waals surface area contributed by atoms with Crippen LogP contribution in [0.3, 0.4) is 0 Å². The van der Waals surface area contributed by atoms with Crippen molar-refractivity contribution in [1.82, 2.24) is 19.5 Å². The van der Waals surface area contributed by atoms with Crippen molar-refractivity contribution < 1.29 is 9.18 Å². The summed E-state index contributed by atoms with van der Waals surface area (Å²) in [5, 5.41) is 1.01. The average molecular weight is 521 g/mol. The zero-order valence-electron chi connectivity index (χ0n) is 21.6. The maximum atomic E-state index is 13.9. The number of benzene rings is 2. The highest BCUT2D eigenvalue weighted by Crippen LogP contribution is 2.51. The Bertz CT molecular complexity index is 1670. The fraction of sp³-hybridized carbons (Fsp3) is 0.250. The van der Waals surface area contributed by atoms with E-state index in [9.17, 15) is 14.0 Å². The third kappa shape index (κ3) is 5.30. The van der Waals surface area contributed by atoms with Gasteiger partial charge < -0.3 is 4.98 Å². The molecule has 6 rings (SSSR count). The number of pyridine rings is 1. The number of Topliss-reactive ketones (excluding diaryl/α,β-unsaturated/α-hetero) is 1. The van der Waals surface area contributed by atoms with Gasteiger partial charge in [0.15, 0.2) is 5.78 Å². The molecule has 0 atom stereocenters. The first-order valence-corrected chi connectivity index (χ1v) is 13.3. The summed E-state index contributed by atoms with van der Waals surface area (Å²) in [4.78, 5) is 38.9. The third-order valence-electron chi connectivity index (χ3n) is 7.81. The van der Waals surface area contributed by atoms with Gasteiger partial charge in [0.2, 0.25) is 0 Å². The Kier molecular flexibility index (Phi) is 6.65. The van der Waals surface area contributed by atoms with Gasteiger partial charge in [-0.15, -0.1) is 0 Å². The minimum absolute atomic E-state index is 0.0184. The van der Waals surface area contributed by atoms with Crippen LogP contribution < -0.4 is 5.56 Å². The van der Waals surface area contributed by atoms with Crippen LogP contribution in [-0.4, -0.2) is 25.3 Å². The number of ketones is 1. The lowest BCUT2D eigenvalue weighted by Gasteiger charge is -2.17. The van der Waals surface area contributed by atoms with Crippen LogP contribution in [0.5, 0.6) is 0 Å². The van der Waals surface area contributed by atoms with Crippen molar-refractivity contribution in [3.63, 3.8) is 0 Å². The van der Waals surface area contributed by atoms with E-state index in [1.807, 2.05) is 48.5 Å². The number of hydrogen-bond donors (Lipinski definition) is 1. The number of aryl methyl sites for hydroxylation is 2. The molecule has 0 radical (unpaired) electrons. The molecule has 0 bridgehead atoms. The maximum absolute atomic E-state index is 13.9. The lowest BCUT2D eigenvalue weighted by atomic mass is 9.90. The summed E-state index contributed by atoms with van der Waals surface area (Å²) >= 11 is 0. The molecule has 5 aromatic rings. The number of carbonyl (C=O) groups excluding carboxylic acids is 1. The van der Waals surface area contributed by atoms with Crippen LogP contribution in [0.4, 0.5) is 4.39 Å². The average Bonchev–Trinajstić information content (AvgIpc) is 3.63. The number of halogens is 1. The first-order chi connectivity index (χ1) is 19.0. The molecular formula is C32H29FN4O2. The van der Waals surface area contributed by atoms with Gasteiger partial charge in [-0.2, -0.15) is 0 Å². The molecule has 0 unspecified atom stereocenters. The van der Waals surface area contributed by atoms with Crippen LogP contribution in [0.15, 0.2) is 90.1 Å². The summed E-state index contributed by atoms with van der Waals surface area (Å²) in [6, 6.07) is 20.2. The minimum atomic E-state index is -0.242. The van der Waals surface area contributed by atoms with Crippen molar-refractivity contribution in [2.24, 2.45) is 0 Å². The molecule has 0 aliphatic heterocycles. The van der Waals surface area contributed by atoms with Crippen molar-refractivity contribution in [1.29, 1.82) is 0 Å². The van der Waals surface area contributed by atoms with Gasteiger partial charge in [-0.25, -0.2) is 4.39 Å². The Balaban J connectivity index is 1.23. The van der Waals surface area contributed by atoms with Gasteiger partial charge >= 0.3 is 0 Å². The normalized spacial score (nSPS) is 14.0. The van der Waals surface area contributed by atoms with Crippen molar-refractivity contribution in [2.45, 2.75) is 50.5 Å². The van der Waals surface area contributed by atoms with Gasteiger partial charge in [0.1, 0.15) is 11.5 Å². The Morgan fingerprint density at radius 1 is 1.00 bits per heavy atom. The highest BCUT2D eigenvalue weighted by Gasteiger charge is 2.44. The highest BCUT2D eigenvalue weighted by molar-refractivity contribution is 5.81. The Hall–Kier alpha value is -4.39. The SMILES string of the molecule is O=C(CCc1cc2cnccc2[nH]1)Cn1c(-c2ccccc2)cnc(CCC2(c3cccc(F)c3)CC2)c1=O. The standard InChI is InChI=1S/C32H29FN4O2/c33-25-8-4-7-24(18-25)32(14-15-32)13-11-29-31(39)37(30(20-35-29)22-5-2-1-3-6-22)21-27(38)10-9-26-17-23-19-34-16-12-28(23)36-26/h1-8,12,16-20,36H,9-11,13-15,21H2. The van der Waals surface area contributed by atoms with Crippen molar-refractivity contribution >= 4 is 16.7 Å². The van der Waals surface area contributed by atoms with Gasteiger partial charge in [-0.3, -0.25) is 24.1 Å². The van der Waals surface area contributed by atoms with Crippen LogP contribution in [0.25, 0.3) is 22.2 Å². The molecule has 3 heterocycles. The minimum Gasteiger partial charge on any atom is -0.358 e. The van der Waals surface area contributed by atoms with E-state index in [2.05, 4.69) is 15.0 Å². The highest BCUT2D eigenvalue weighted by atomic mass is 19.1. The fourth-order valence-corrected chi connectivity index (χ4v) is 5.40. The zero-order valence-corrected chi connectivity index (χ0v) is 21.6.